The predicted octanol–water partition coefficient (Wildman–Crippen LogP) is 3.41. The van der Waals surface area contributed by atoms with Gasteiger partial charge in [0.05, 0.1) is 11.6 Å². The summed E-state index contributed by atoms with van der Waals surface area (Å²) in [7, 11) is -1.27. The summed E-state index contributed by atoms with van der Waals surface area (Å²) in [5.41, 5.74) is 0.340. The van der Waals surface area contributed by atoms with Gasteiger partial charge in [-0.15, -0.1) is 0 Å². The number of amides is 1. The second kappa shape index (κ2) is 8.35. The zero-order valence-electron chi connectivity index (χ0n) is 14.1. The van der Waals surface area contributed by atoms with Crippen molar-refractivity contribution in [3.8, 4) is 0 Å². The number of hydrogen-bond acceptors (Lipinski definition) is 3. The molecule has 0 saturated heterocycles. The monoisotopic (exact) mass is 418 g/mol. The number of sulfonamides is 1. The maximum atomic E-state index is 13.7. The standard InChI is InChI=1S/C17H17Cl2FN2O3S/c1-21(10-12-5-3-4-6-15(12)20)17(23)11-22(2)26(24,25)16-9-13(18)7-8-14(16)19/h3-9H,10-11H2,1-2H3. The van der Waals surface area contributed by atoms with E-state index in [0.29, 0.717) is 5.56 Å². The molecule has 0 aliphatic carbocycles. The van der Waals surface area contributed by atoms with E-state index in [1.165, 1.54) is 43.3 Å². The van der Waals surface area contributed by atoms with E-state index in [1.807, 2.05) is 0 Å². The van der Waals surface area contributed by atoms with Gasteiger partial charge in [-0.3, -0.25) is 4.79 Å². The topological polar surface area (TPSA) is 57.7 Å². The molecule has 2 rings (SSSR count). The van der Waals surface area contributed by atoms with E-state index < -0.39 is 28.3 Å². The Kier molecular flexibility index (Phi) is 6.63. The van der Waals surface area contributed by atoms with Crippen LogP contribution in [-0.2, 0) is 21.4 Å². The van der Waals surface area contributed by atoms with E-state index in [2.05, 4.69) is 0 Å². The molecule has 0 N–H and O–H groups in total. The number of hydrogen-bond donors (Lipinski definition) is 0. The van der Waals surface area contributed by atoms with Gasteiger partial charge in [0, 0.05) is 31.2 Å². The molecule has 26 heavy (non-hydrogen) atoms. The second-order valence-corrected chi connectivity index (χ2v) is 8.53. The van der Waals surface area contributed by atoms with Crippen molar-refractivity contribution in [1.82, 2.24) is 9.21 Å². The van der Waals surface area contributed by atoms with Crippen LogP contribution in [0.15, 0.2) is 47.4 Å². The van der Waals surface area contributed by atoms with Crippen molar-refractivity contribution in [1.29, 1.82) is 0 Å². The zero-order valence-corrected chi connectivity index (χ0v) is 16.4. The van der Waals surface area contributed by atoms with Crippen LogP contribution in [0.5, 0.6) is 0 Å². The van der Waals surface area contributed by atoms with Gasteiger partial charge < -0.3 is 4.90 Å². The Morgan fingerprint density at radius 1 is 1.12 bits per heavy atom. The third-order valence-corrected chi connectivity index (χ3v) is 6.25. The zero-order chi connectivity index (χ0) is 19.5. The number of carbonyl (C=O) groups excluding carboxylic acids is 1. The predicted molar refractivity (Wildman–Crippen MR) is 99.2 cm³/mol. The van der Waals surface area contributed by atoms with Gasteiger partial charge in [-0.05, 0) is 24.3 Å². The van der Waals surface area contributed by atoms with Gasteiger partial charge in [-0.1, -0.05) is 41.4 Å². The van der Waals surface area contributed by atoms with E-state index in [0.717, 1.165) is 4.31 Å². The normalized spacial score (nSPS) is 11.6. The second-order valence-electron chi connectivity index (χ2n) is 5.68. The van der Waals surface area contributed by atoms with Gasteiger partial charge in [0.25, 0.3) is 0 Å². The van der Waals surface area contributed by atoms with Gasteiger partial charge in [0.2, 0.25) is 15.9 Å². The molecule has 0 aliphatic rings. The van der Waals surface area contributed by atoms with Crippen molar-refractivity contribution < 1.29 is 17.6 Å². The first kappa shape index (κ1) is 20.6. The smallest absolute Gasteiger partial charge is 0.244 e. The van der Waals surface area contributed by atoms with Crippen molar-refractivity contribution >= 4 is 39.1 Å². The van der Waals surface area contributed by atoms with Crippen molar-refractivity contribution in [3.05, 3.63) is 63.9 Å². The van der Waals surface area contributed by atoms with E-state index in [9.17, 15) is 17.6 Å². The lowest BCUT2D eigenvalue weighted by atomic mass is 10.2. The van der Waals surface area contributed by atoms with Gasteiger partial charge in [-0.25, -0.2) is 12.8 Å². The van der Waals surface area contributed by atoms with E-state index >= 15 is 0 Å². The number of likely N-dealkylation sites (N-methyl/N-ethyl adjacent to an activating group) is 2. The fourth-order valence-electron chi connectivity index (χ4n) is 2.21. The van der Waals surface area contributed by atoms with Gasteiger partial charge in [-0.2, -0.15) is 4.31 Å². The molecule has 0 fully saturated rings. The first-order valence-corrected chi connectivity index (χ1v) is 9.71. The Bertz CT molecular complexity index is 922. The SMILES string of the molecule is CN(Cc1ccccc1F)C(=O)CN(C)S(=O)(=O)c1cc(Cl)ccc1Cl. The summed E-state index contributed by atoms with van der Waals surface area (Å²) in [4.78, 5) is 13.4. The Morgan fingerprint density at radius 2 is 1.77 bits per heavy atom. The van der Waals surface area contributed by atoms with Crippen molar-refractivity contribution in [2.24, 2.45) is 0 Å². The van der Waals surface area contributed by atoms with Gasteiger partial charge in [0.1, 0.15) is 10.7 Å². The van der Waals surface area contributed by atoms with Crippen LogP contribution >= 0.6 is 23.2 Å². The van der Waals surface area contributed by atoms with Crippen LogP contribution in [0.1, 0.15) is 5.56 Å². The number of halogens is 3. The summed E-state index contributed by atoms with van der Waals surface area (Å²) in [5.74, 6) is -0.920. The maximum absolute atomic E-state index is 13.7. The van der Waals surface area contributed by atoms with Crippen LogP contribution in [-0.4, -0.2) is 44.2 Å². The van der Waals surface area contributed by atoms with Crippen molar-refractivity contribution in [2.45, 2.75) is 11.4 Å². The molecule has 1 amide bonds. The molecule has 0 aliphatic heterocycles. The van der Waals surface area contributed by atoms with Crippen LogP contribution in [0.25, 0.3) is 0 Å². The average molecular weight is 419 g/mol. The largest absolute Gasteiger partial charge is 0.340 e. The van der Waals surface area contributed by atoms with E-state index in [-0.39, 0.29) is 21.5 Å². The van der Waals surface area contributed by atoms with E-state index in [1.54, 1.807) is 18.2 Å². The Hall–Kier alpha value is -1.67. The molecule has 2 aromatic rings. The fourth-order valence-corrected chi connectivity index (χ4v) is 4.06. The Balaban J connectivity index is 2.12. The molecular weight excluding hydrogens is 402 g/mol. The van der Waals surface area contributed by atoms with Gasteiger partial charge >= 0.3 is 0 Å². The number of nitrogens with zero attached hydrogens (tertiary/aromatic N) is 2. The summed E-state index contributed by atoms with van der Waals surface area (Å²) in [5, 5.41) is 0.220. The quantitative estimate of drug-likeness (QED) is 0.721. The highest BCUT2D eigenvalue weighted by molar-refractivity contribution is 7.89. The maximum Gasteiger partial charge on any atom is 0.244 e. The lowest BCUT2D eigenvalue weighted by molar-refractivity contribution is -0.130. The summed E-state index contributed by atoms with van der Waals surface area (Å²) in [6.07, 6.45) is 0. The highest BCUT2D eigenvalue weighted by Gasteiger charge is 2.27. The molecule has 0 spiro atoms. The minimum atomic E-state index is -4.01. The molecule has 2 aromatic carbocycles. The molecule has 9 heteroatoms. The van der Waals surface area contributed by atoms with Crippen LogP contribution in [0, 0.1) is 5.82 Å². The summed E-state index contributed by atoms with van der Waals surface area (Å²) in [6, 6.07) is 10.1. The molecule has 0 aromatic heterocycles. The third-order valence-electron chi connectivity index (χ3n) is 3.73. The molecular formula is C17H17Cl2FN2O3S. The van der Waals surface area contributed by atoms with Gasteiger partial charge in [0.15, 0.2) is 0 Å². The Labute approximate surface area is 162 Å². The third kappa shape index (κ3) is 4.73. The summed E-state index contributed by atoms with van der Waals surface area (Å²) >= 11 is 11.8. The minimum absolute atomic E-state index is 0.00779. The first-order valence-electron chi connectivity index (χ1n) is 7.51. The van der Waals surface area contributed by atoms with Crippen molar-refractivity contribution in [3.63, 3.8) is 0 Å². The molecule has 0 atom stereocenters. The van der Waals surface area contributed by atoms with Crippen LogP contribution in [0.3, 0.4) is 0 Å². The van der Waals surface area contributed by atoms with Crippen LogP contribution in [0.4, 0.5) is 4.39 Å². The van der Waals surface area contributed by atoms with Crippen LogP contribution in [0.2, 0.25) is 10.0 Å². The Morgan fingerprint density at radius 3 is 2.42 bits per heavy atom. The lowest BCUT2D eigenvalue weighted by Crippen LogP contribution is -2.39. The molecule has 0 radical (unpaired) electrons. The fraction of sp³-hybridized carbons (Fsp3) is 0.235. The number of benzene rings is 2. The average Bonchev–Trinajstić information content (AvgIpc) is 2.58. The van der Waals surface area contributed by atoms with Crippen LogP contribution < -0.4 is 0 Å². The highest BCUT2D eigenvalue weighted by Crippen LogP contribution is 2.27. The van der Waals surface area contributed by atoms with E-state index in [4.69, 9.17) is 23.2 Å². The number of carbonyl (C=O) groups is 1. The highest BCUT2D eigenvalue weighted by atomic mass is 35.5. The molecule has 140 valence electrons. The first-order chi connectivity index (χ1) is 12.1. The molecule has 0 bridgehead atoms. The molecule has 0 unspecified atom stereocenters. The molecule has 0 saturated carbocycles. The molecule has 0 heterocycles. The molecule has 5 nitrogen and oxygen atoms in total. The summed E-state index contributed by atoms with van der Waals surface area (Å²) in [6.45, 7) is -0.395. The lowest BCUT2D eigenvalue weighted by Gasteiger charge is -2.22. The minimum Gasteiger partial charge on any atom is -0.340 e. The summed E-state index contributed by atoms with van der Waals surface area (Å²) < 4.78 is 39.8. The van der Waals surface area contributed by atoms with Crippen molar-refractivity contribution in [2.75, 3.05) is 20.6 Å². The number of rotatable bonds is 6.